The minimum Gasteiger partial charge on any atom is -0.432 e. The molecule has 13 N–H and O–H groups in total. The summed E-state index contributed by atoms with van der Waals surface area (Å²) in [6.07, 6.45) is -24.8. The Morgan fingerprint density at radius 3 is 1.84 bits per heavy atom. The molecule has 8 fully saturated rings. The number of ether oxygens (including phenoxy) is 8. The first-order valence-corrected chi connectivity index (χ1v) is 26.7. The van der Waals surface area contributed by atoms with E-state index in [1.807, 2.05) is 0 Å². The maximum atomic E-state index is 15.3. The first kappa shape index (κ1) is 57.1. The number of hydrogen-bond donors (Lipinski definition) is 13. The Labute approximate surface area is 431 Å². The quantitative estimate of drug-likeness (QED) is 0.0689. The maximum Gasteiger partial charge on any atom is 0.315 e. The lowest BCUT2D eigenvalue weighted by Crippen LogP contribution is -2.72. The van der Waals surface area contributed by atoms with Crippen molar-refractivity contribution in [1.29, 1.82) is 0 Å². The summed E-state index contributed by atoms with van der Waals surface area (Å²) in [5.74, 6) is -1.68. The molecule has 0 aromatic rings. The Hall–Kier alpha value is -1.59. The van der Waals surface area contributed by atoms with Gasteiger partial charge in [0.2, 0.25) is 6.29 Å². The number of aliphatic hydroxyl groups excluding tert-OH is 13. The second kappa shape index (κ2) is 20.2. The van der Waals surface area contributed by atoms with E-state index < -0.39 is 181 Å². The molecule has 9 aliphatic rings. The highest BCUT2D eigenvalue weighted by Crippen LogP contribution is 2.76. The van der Waals surface area contributed by atoms with Crippen molar-refractivity contribution >= 4 is 5.97 Å². The lowest BCUT2D eigenvalue weighted by atomic mass is 9.33. The molecule has 4 saturated heterocycles. The average Bonchev–Trinajstić information content (AvgIpc) is 3.34. The summed E-state index contributed by atoms with van der Waals surface area (Å²) in [5, 5.41) is 143. The molecule has 9 rings (SSSR count). The van der Waals surface area contributed by atoms with Crippen LogP contribution in [-0.4, -0.2) is 221 Å². The standard InChI is InChI=1S/C52H84O22/c1-21-30(58)33(61)36(64)43(69-21)71-38-22(2)70-44(37(65)34(38)62)72-39-32(60)28(57)19-68-45(39)74-46(66)52-13-11-47(3,4)15-24(52)23-9-10-29-48(5)16-26(55)41(73-42-35(63)31(59)27(56)18-67-42)49(6,20-53)40(48)25(54)17-51(29,8)50(23,7)12-14-52/h9,21-22,24-45,53-65H,10-20H2,1-8H3/t21-,22-,24?,25+,26-,27+,28-,29?,30-,31-,32-,33+,34-,35+,36+,37+,38-,39+,40?,41-,42-,43-,44-,45-,48+,49-,50+,51+,52-/m0/s1. The first-order valence-electron chi connectivity index (χ1n) is 26.7. The molecular formula is C52H84O22. The number of hydrogen-bond acceptors (Lipinski definition) is 22. The van der Waals surface area contributed by atoms with E-state index in [2.05, 4.69) is 40.7 Å². The monoisotopic (exact) mass is 1060 g/mol. The number of carbonyl (C=O) groups excluding carboxylic acids is 1. The highest BCUT2D eigenvalue weighted by Gasteiger charge is 2.73. The van der Waals surface area contributed by atoms with E-state index in [0.29, 0.717) is 44.9 Å². The zero-order valence-corrected chi connectivity index (χ0v) is 43.7. The fourth-order valence-electron chi connectivity index (χ4n) is 16.2. The molecule has 3 unspecified atom stereocenters. The molecule has 424 valence electrons. The largest absolute Gasteiger partial charge is 0.432 e. The Morgan fingerprint density at radius 2 is 1.18 bits per heavy atom. The fraction of sp³-hybridized carbons (Fsp3) is 0.942. The second-order valence-corrected chi connectivity index (χ2v) is 25.5. The van der Waals surface area contributed by atoms with Crippen LogP contribution in [0, 0.1) is 50.2 Å². The SMILES string of the molecule is C[C@@H]1O[C@@H](O[C@@H]2[C@@H](O)[C@@H](O)[C@H](O[C@H]3[C@H](OC(=O)[C@]45CCC(C)(C)CC4C4=CCC6[C@@]7(C)C[C@H](O)[C@H](O[C@@H]8OC[C@@H](O)[C@H](O)[C@H]8O)[C@@](C)(CO)C7[C@H](O)C[C@@]6(C)[C@]4(C)CC5)OC[C@H](O)[C@@H]3O)O[C@H]2C)[C@H](O)[C@H](O)[C@H]1O. The lowest BCUT2D eigenvalue weighted by Gasteiger charge is -2.72. The number of fused-ring (bicyclic) bond motifs is 7. The van der Waals surface area contributed by atoms with Crippen molar-refractivity contribution in [2.24, 2.45) is 50.2 Å². The number of rotatable bonds is 9. The molecule has 4 saturated carbocycles. The van der Waals surface area contributed by atoms with Gasteiger partial charge in [0.05, 0.1) is 55.8 Å². The van der Waals surface area contributed by atoms with Gasteiger partial charge in [-0.25, -0.2) is 0 Å². The summed E-state index contributed by atoms with van der Waals surface area (Å²) in [5.41, 5.74) is -3.43. The lowest BCUT2D eigenvalue weighted by molar-refractivity contribution is -0.372. The van der Waals surface area contributed by atoms with Crippen molar-refractivity contribution in [3.8, 4) is 0 Å². The first-order chi connectivity index (χ1) is 34.5. The van der Waals surface area contributed by atoms with Crippen LogP contribution in [0.15, 0.2) is 11.6 Å². The third kappa shape index (κ3) is 8.98. The molecule has 0 radical (unpaired) electrons. The van der Waals surface area contributed by atoms with Crippen LogP contribution in [0.5, 0.6) is 0 Å². The summed E-state index contributed by atoms with van der Waals surface area (Å²) < 4.78 is 47.4. The van der Waals surface area contributed by atoms with Crippen molar-refractivity contribution in [2.45, 2.75) is 236 Å². The highest BCUT2D eigenvalue weighted by molar-refractivity contribution is 5.79. The Morgan fingerprint density at radius 1 is 0.595 bits per heavy atom. The third-order valence-corrected chi connectivity index (χ3v) is 20.5. The minimum atomic E-state index is -1.87. The van der Waals surface area contributed by atoms with E-state index in [1.54, 1.807) is 6.92 Å². The van der Waals surface area contributed by atoms with Gasteiger partial charge in [-0.15, -0.1) is 0 Å². The normalized spacial score (nSPS) is 56.4. The van der Waals surface area contributed by atoms with Gasteiger partial charge in [0, 0.05) is 11.3 Å². The molecule has 4 heterocycles. The van der Waals surface area contributed by atoms with Gasteiger partial charge in [-0.2, -0.15) is 0 Å². The number of carbonyl (C=O) groups is 1. The van der Waals surface area contributed by atoms with E-state index >= 15 is 4.79 Å². The predicted octanol–water partition coefficient (Wildman–Crippen LogP) is -1.79. The van der Waals surface area contributed by atoms with Crippen LogP contribution in [-0.2, 0) is 42.7 Å². The van der Waals surface area contributed by atoms with Crippen molar-refractivity contribution < 1.29 is 109 Å². The molecule has 29 atom stereocenters. The minimum absolute atomic E-state index is 0.136. The molecule has 0 spiro atoms. The van der Waals surface area contributed by atoms with Gasteiger partial charge in [0.15, 0.2) is 25.0 Å². The van der Waals surface area contributed by atoms with Crippen LogP contribution < -0.4 is 0 Å². The van der Waals surface area contributed by atoms with Crippen molar-refractivity contribution in [2.75, 3.05) is 19.8 Å². The van der Waals surface area contributed by atoms with Gasteiger partial charge in [-0.3, -0.25) is 4.79 Å². The summed E-state index contributed by atoms with van der Waals surface area (Å²) in [6.45, 7) is 14.3. The summed E-state index contributed by atoms with van der Waals surface area (Å²) >= 11 is 0. The highest BCUT2D eigenvalue weighted by atomic mass is 16.8. The predicted molar refractivity (Wildman–Crippen MR) is 252 cm³/mol. The van der Waals surface area contributed by atoms with E-state index in [0.717, 1.165) is 5.57 Å². The van der Waals surface area contributed by atoms with Gasteiger partial charge >= 0.3 is 5.97 Å². The van der Waals surface area contributed by atoms with Gasteiger partial charge in [0.1, 0.15) is 67.1 Å². The van der Waals surface area contributed by atoms with Gasteiger partial charge < -0.3 is 104 Å². The zero-order chi connectivity index (χ0) is 54.2. The molecular weight excluding hydrogens is 977 g/mol. The van der Waals surface area contributed by atoms with Gasteiger partial charge in [0.25, 0.3) is 0 Å². The zero-order valence-electron chi connectivity index (χ0n) is 43.7. The van der Waals surface area contributed by atoms with Crippen LogP contribution in [0.1, 0.15) is 107 Å². The molecule has 0 bridgehead atoms. The summed E-state index contributed by atoms with van der Waals surface area (Å²) in [4.78, 5) is 15.3. The Kier molecular flexibility index (Phi) is 15.6. The molecule has 0 aromatic heterocycles. The Bertz CT molecular complexity index is 2060. The van der Waals surface area contributed by atoms with Crippen LogP contribution >= 0.6 is 0 Å². The summed E-state index contributed by atoms with van der Waals surface area (Å²) in [7, 11) is 0. The average molecular weight is 1060 g/mol. The van der Waals surface area contributed by atoms with Crippen molar-refractivity contribution in [3.63, 3.8) is 0 Å². The molecule has 22 heteroatoms. The molecule has 5 aliphatic carbocycles. The van der Waals surface area contributed by atoms with Crippen LogP contribution in [0.2, 0.25) is 0 Å². The second-order valence-electron chi connectivity index (χ2n) is 25.5. The number of aliphatic hydroxyl groups is 13. The fourth-order valence-corrected chi connectivity index (χ4v) is 16.2. The summed E-state index contributed by atoms with van der Waals surface area (Å²) in [6, 6.07) is 0. The van der Waals surface area contributed by atoms with E-state index in [4.69, 9.17) is 37.9 Å². The van der Waals surface area contributed by atoms with E-state index in [9.17, 15) is 66.4 Å². The topological polar surface area (TPSA) is 354 Å². The maximum absolute atomic E-state index is 15.3. The van der Waals surface area contributed by atoms with Crippen LogP contribution in [0.25, 0.3) is 0 Å². The smallest absolute Gasteiger partial charge is 0.315 e. The molecule has 22 nitrogen and oxygen atoms in total. The van der Waals surface area contributed by atoms with Gasteiger partial charge in [-0.05, 0) is 98.7 Å². The molecule has 74 heavy (non-hydrogen) atoms. The van der Waals surface area contributed by atoms with Crippen LogP contribution in [0.4, 0.5) is 0 Å². The third-order valence-electron chi connectivity index (χ3n) is 20.5. The van der Waals surface area contributed by atoms with Crippen molar-refractivity contribution in [1.82, 2.24) is 0 Å². The number of esters is 1. The number of allylic oxidation sites excluding steroid dienone is 2. The van der Waals surface area contributed by atoms with Crippen molar-refractivity contribution in [3.05, 3.63) is 11.6 Å². The van der Waals surface area contributed by atoms with Crippen LogP contribution in [0.3, 0.4) is 0 Å². The molecule has 0 amide bonds. The molecule has 4 aliphatic heterocycles. The Balaban J connectivity index is 0.956. The van der Waals surface area contributed by atoms with Gasteiger partial charge in [-0.1, -0.05) is 53.2 Å². The van der Waals surface area contributed by atoms with E-state index in [-0.39, 0.29) is 30.3 Å². The van der Waals surface area contributed by atoms with E-state index in [1.165, 1.54) is 13.8 Å². The molecule has 0 aromatic carbocycles.